The second kappa shape index (κ2) is 7.70. The number of Topliss-reactive ketones (excluding diaryl/α,β-unsaturated/α-hetero) is 1. The maximum atomic E-state index is 12.7. The minimum atomic E-state index is -1.09. The molecule has 0 spiro atoms. The first kappa shape index (κ1) is 17.5. The Kier molecular flexibility index (Phi) is 5.18. The zero-order valence-corrected chi connectivity index (χ0v) is 14.3. The normalized spacial score (nSPS) is 11.7. The van der Waals surface area contributed by atoms with Crippen molar-refractivity contribution in [3.8, 4) is 5.69 Å². The van der Waals surface area contributed by atoms with Crippen LogP contribution in [0.15, 0.2) is 54.3 Å². The number of nitrogens with two attached hydrogens (primary N) is 1. The number of nitrogens with zero attached hydrogens (tertiary/aromatic N) is 3. The lowest BCUT2D eigenvalue weighted by atomic mass is 10.1. The number of amides is 2. The highest BCUT2D eigenvalue weighted by atomic mass is 32.1. The van der Waals surface area contributed by atoms with Crippen LogP contribution in [0.5, 0.6) is 0 Å². The van der Waals surface area contributed by atoms with E-state index in [9.17, 15) is 14.4 Å². The van der Waals surface area contributed by atoms with Crippen molar-refractivity contribution in [2.45, 2.75) is 12.5 Å². The van der Waals surface area contributed by atoms with Crippen LogP contribution in [0.1, 0.15) is 15.4 Å². The number of carbonyl (C=O) groups excluding carboxylic acids is 3. The van der Waals surface area contributed by atoms with Crippen LogP contribution < -0.4 is 11.1 Å². The van der Waals surface area contributed by atoms with Crippen LogP contribution in [-0.2, 0) is 16.0 Å². The third kappa shape index (κ3) is 3.83. The van der Waals surface area contributed by atoms with E-state index in [1.807, 2.05) is 17.5 Å². The van der Waals surface area contributed by atoms with E-state index >= 15 is 0 Å². The van der Waals surface area contributed by atoms with Gasteiger partial charge in [0, 0.05) is 17.5 Å². The lowest BCUT2D eigenvalue weighted by Crippen LogP contribution is -2.47. The van der Waals surface area contributed by atoms with E-state index in [0.29, 0.717) is 5.69 Å². The molecule has 3 aromatic heterocycles. The van der Waals surface area contributed by atoms with Gasteiger partial charge in [0.15, 0.2) is 0 Å². The van der Waals surface area contributed by atoms with Crippen molar-refractivity contribution in [1.29, 1.82) is 0 Å². The Morgan fingerprint density at radius 1 is 1.19 bits per heavy atom. The number of ketones is 1. The number of thiophene rings is 1. The molecule has 0 saturated heterocycles. The molecule has 0 aliphatic rings. The number of nitrogens with one attached hydrogen (secondary N) is 1. The minimum Gasteiger partial charge on any atom is -0.363 e. The molecule has 1 atom stereocenters. The van der Waals surface area contributed by atoms with Gasteiger partial charge in [-0.15, -0.1) is 11.3 Å². The first-order chi connectivity index (χ1) is 12.6. The molecule has 9 heteroatoms. The van der Waals surface area contributed by atoms with E-state index in [-0.39, 0.29) is 12.1 Å². The Bertz CT molecular complexity index is 921. The number of carbonyl (C=O) groups is 3. The largest absolute Gasteiger partial charge is 0.363 e. The molecule has 3 heterocycles. The van der Waals surface area contributed by atoms with Crippen molar-refractivity contribution in [3.05, 3.63) is 64.9 Å². The molecule has 8 nitrogen and oxygen atoms in total. The Balaban J connectivity index is 1.83. The Labute approximate surface area is 152 Å². The summed E-state index contributed by atoms with van der Waals surface area (Å²) in [5.41, 5.74) is 5.93. The molecule has 0 fully saturated rings. The Hall–Kier alpha value is -3.33. The van der Waals surface area contributed by atoms with E-state index in [0.717, 1.165) is 4.88 Å². The number of rotatable bonds is 7. The molecule has 0 aliphatic heterocycles. The zero-order chi connectivity index (χ0) is 18.5. The summed E-state index contributed by atoms with van der Waals surface area (Å²) in [7, 11) is 0. The lowest BCUT2D eigenvalue weighted by molar-refractivity contribution is -0.137. The van der Waals surface area contributed by atoms with Gasteiger partial charge in [0.1, 0.15) is 11.7 Å². The molecule has 26 heavy (non-hydrogen) atoms. The molecular weight excluding hydrogens is 354 g/mol. The van der Waals surface area contributed by atoms with Crippen LogP contribution in [0.3, 0.4) is 0 Å². The topological polar surface area (TPSA) is 120 Å². The molecule has 132 valence electrons. The van der Waals surface area contributed by atoms with E-state index in [1.54, 1.807) is 24.5 Å². The van der Waals surface area contributed by atoms with E-state index in [1.165, 1.54) is 28.3 Å². The fraction of sp³-hybridized carbons (Fsp3) is 0.118. The summed E-state index contributed by atoms with van der Waals surface area (Å²) in [4.78, 5) is 41.0. The van der Waals surface area contributed by atoms with Gasteiger partial charge in [0.25, 0.3) is 11.8 Å². The first-order valence-electron chi connectivity index (χ1n) is 7.67. The molecule has 0 bridgehead atoms. The quantitative estimate of drug-likeness (QED) is 0.595. The first-order valence-corrected chi connectivity index (χ1v) is 8.55. The lowest BCUT2D eigenvalue weighted by Gasteiger charge is -2.16. The Morgan fingerprint density at radius 2 is 2.04 bits per heavy atom. The molecule has 2 amide bonds. The highest BCUT2D eigenvalue weighted by Crippen LogP contribution is 2.13. The molecule has 0 radical (unpaired) electrons. The molecule has 0 aliphatic carbocycles. The smallest absolute Gasteiger partial charge is 0.287 e. The zero-order valence-electron chi connectivity index (χ0n) is 13.5. The maximum absolute atomic E-state index is 12.7. The maximum Gasteiger partial charge on any atom is 0.287 e. The van der Waals surface area contributed by atoms with Gasteiger partial charge in [-0.25, -0.2) is 4.68 Å². The van der Waals surface area contributed by atoms with Gasteiger partial charge in [0.05, 0.1) is 18.1 Å². The summed E-state index contributed by atoms with van der Waals surface area (Å²) in [6, 6.07) is 7.57. The van der Waals surface area contributed by atoms with Crippen LogP contribution in [0.4, 0.5) is 0 Å². The third-order valence-electron chi connectivity index (χ3n) is 3.62. The summed E-state index contributed by atoms with van der Waals surface area (Å²) in [5.74, 6) is -2.48. The summed E-state index contributed by atoms with van der Waals surface area (Å²) >= 11 is 1.42. The molecule has 3 aromatic rings. The molecular formula is C17H15N5O3S. The van der Waals surface area contributed by atoms with Crippen molar-refractivity contribution >= 4 is 28.9 Å². The SMILES string of the molecule is NC(=O)C(=O)C(Cc1cccs1)NC(=O)c1ccnn1-c1cccnc1. The number of hydrogen-bond donors (Lipinski definition) is 2. The number of pyridine rings is 1. The van der Waals surface area contributed by atoms with Gasteiger partial charge in [-0.3, -0.25) is 19.4 Å². The molecule has 3 N–H and O–H groups in total. The van der Waals surface area contributed by atoms with E-state index in [4.69, 9.17) is 5.73 Å². The predicted octanol–water partition coefficient (Wildman–Crippen LogP) is 0.724. The van der Waals surface area contributed by atoms with Gasteiger partial charge < -0.3 is 11.1 Å². The van der Waals surface area contributed by atoms with Crippen LogP contribution in [-0.4, -0.2) is 38.4 Å². The average Bonchev–Trinajstić information content (AvgIpc) is 3.32. The fourth-order valence-electron chi connectivity index (χ4n) is 2.40. The van der Waals surface area contributed by atoms with Crippen molar-refractivity contribution < 1.29 is 14.4 Å². The van der Waals surface area contributed by atoms with Crippen LogP contribution in [0.2, 0.25) is 0 Å². The van der Waals surface area contributed by atoms with Gasteiger partial charge in [0.2, 0.25) is 5.78 Å². The van der Waals surface area contributed by atoms with Crippen molar-refractivity contribution in [2.24, 2.45) is 5.73 Å². The summed E-state index contributed by atoms with van der Waals surface area (Å²) < 4.78 is 1.40. The molecule has 0 aromatic carbocycles. The summed E-state index contributed by atoms with van der Waals surface area (Å²) in [5, 5.41) is 8.54. The second-order valence-electron chi connectivity index (χ2n) is 5.38. The molecule has 3 rings (SSSR count). The van der Waals surface area contributed by atoms with Crippen LogP contribution in [0.25, 0.3) is 5.69 Å². The fourth-order valence-corrected chi connectivity index (χ4v) is 3.16. The predicted molar refractivity (Wildman–Crippen MR) is 94.8 cm³/mol. The summed E-state index contributed by atoms with van der Waals surface area (Å²) in [6.45, 7) is 0. The molecule has 1 unspecified atom stereocenters. The van der Waals surface area contributed by atoms with Gasteiger partial charge in [-0.1, -0.05) is 6.07 Å². The van der Waals surface area contributed by atoms with E-state index < -0.39 is 23.6 Å². The average molecular weight is 369 g/mol. The summed E-state index contributed by atoms with van der Waals surface area (Å²) in [6.07, 6.45) is 4.81. The highest BCUT2D eigenvalue weighted by molar-refractivity contribution is 7.09. The van der Waals surface area contributed by atoms with Gasteiger partial charge in [-0.2, -0.15) is 5.10 Å². The van der Waals surface area contributed by atoms with Crippen molar-refractivity contribution in [3.63, 3.8) is 0 Å². The number of hydrogen-bond acceptors (Lipinski definition) is 6. The highest BCUT2D eigenvalue weighted by Gasteiger charge is 2.27. The van der Waals surface area contributed by atoms with E-state index in [2.05, 4.69) is 15.4 Å². The standard InChI is InChI=1S/C17H15N5O3S/c18-16(24)15(23)13(9-12-4-2-8-26-12)21-17(25)14-5-7-20-22(14)11-3-1-6-19-10-11/h1-8,10,13H,9H2,(H2,18,24)(H,21,25). The number of primary amides is 1. The van der Waals surface area contributed by atoms with Gasteiger partial charge in [-0.05, 0) is 29.6 Å². The van der Waals surface area contributed by atoms with Crippen LogP contribution in [0, 0.1) is 0 Å². The second-order valence-corrected chi connectivity index (χ2v) is 6.41. The molecule has 0 saturated carbocycles. The van der Waals surface area contributed by atoms with Crippen molar-refractivity contribution in [2.75, 3.05) is 0 Å². The Morgan fingerprint density at radius 3 is 2.69 bits per heavy atom. The van der Waals surface area contributed by atoms with Crippen LogP contribution >= 0.6 is 11.3 Å². The monoisotopic (exact) mass is 369 g/mol. The number of aromatic nitrogens is 3. The van der Waals surface area contributed by atoms with Gasteiger partial charge >= 0.3 is 0 Å². The minimum absolute atomic E-state index is 0.187. The van der Waals surface area contributed by atoms with Crippen molar-refractivity contribution in [1.82, 2.24) is 20.1 Å². The third-order valence-corrected chi connectivity index (χ3v) is 4.51.